The number of carbonyl (C=O) groups excluding carboxylic acids is 2. The molecule has 11 heteroatoms. The van der Waals surface area contributed by atoms with Crippen LogP contribution >= 0.6 is 0 Å². The van der Waals surface area contributed by atoms with Gasteiger partial charge in [-0.15, -0.1) is 0 Å². The Bertz CT molecular complexity index is 3650. The van der Waals surface area contributed by atoms with Crippen molar-refractivity contribution in [3.63, 3.8) is 0 Å². The first-order valence-electron chi connectivity index (χ1n) is 30.0. The van der Waals surface area contributed by atoms with Crippen LogP contribution in [0.4, 0.5) is 0 Å². The maximum Gasteiger partial charge on any atom is 0.317 e. The minimum Gasteiger partial charge on any atom is -0.508 e. The maximum atomic E-state index is 16.6. The summed E-state index contributed by atoms with van der Waals surface area (Å²) in [4.78, 5) is 30.6. The molecule has 6 aliphatic rings. The summed E-state index contributed by atoms with van der Waals surface area (Å²) in [5.41, 5.74) is 9.05. The van der Waals surface area contributed by atoms with Gasteiger partial charge in [0, 0.05) is 24.7 Å². The van der Waals surface area contributed by atoms with Gasteiger partial charge in [-0.25, -0.2) is 0 Å². The number of benzene rings is 7. The van der Waals surface area contributed by atoms with Crippen LogP contribution in [0.3, 0.4) is 0 Å². The van der Waals surface area contributed by atoms with Crippen LogP contribution in [0, 0.1) is 29.1 Å². The number of carbonyl (C=O) groups is 2. The van der Waals surface area contributed by atoms with E-state index in [1.165, 1.54) is 18.1 Å². The molecule has 11 nitrogen and oxygen atoms in total. The van der Waals surface area contributed by atoms with E-state index >= 15 is 4.79 Å². The molecule has 7 aromatic carbocycles. The highest BCUT2D eigenvalue weighted by Crippen LogP contribution is 2.72. The first-order chi connectivity index (χ1) is 40.3. The predicted octanol–water partition coefficient (Wildman–Crippen LogP) is 13.0. The van der Waals surface area contributed by atoms with Crippen molar-refractivity contribution in [1.82, 2.24) is 0 Å². The lowest BCUT2D eigenvalue weighted by Crippen LogP contribution is -2.64. The predicted molar refractivity (Wildman–Crippen MR) is 319 cm³/mol. The Kier molecular flexibility index (Phi) is 14.4. The Balaban J connectivity index is 0.990. The molecule has 0 aliphatic heterocycles. The zero-order valence-electron chi connectivity index (χ0n) is 47.5. The summed E-state index contributed by atoms with van der Waals surface area (Å²) in [6.45, 7) is 1.46. The number of hydrogen-bond acceptors (Lipinski definition) is 11. The molecular weight excluding hydrogens is 1040 g/mol. The summed E-state index contributed by atoms with van der Waals surface area (Å²) in [6.07, 6.45) is 6.15. The van der Waals surface area contributed by atoms with Crippen molar-refractivity contribution in [1.29, 1.82) is 0 Å². The molecule has 3 fully saturated rings. The zero-order valence-corrected chi connectivity index (χ0v) is 47.5. The van der Waals surface area contributed by atoms with Crippen molar-refractivity contribution in [2.24, 2.45) is 29.1 Å². The summed E-state index contributed by atoms with van der Waals surface area (Å²) in [5.74, 6) is -1.95. The van der Waals surface area contributed by atoms with E-state index < -0.39 is 47.1 Å². The first-order valence-corrected chi connectivity index (χ1v) is 30.0. The fourth-order valence-corrected chi connectivity index (χ4v) is 17.4. The van der Waals surface area contributed by atoms with Crippen molar-refractivity contribution < 1.29 is 54.1 Å². The SMILES string of the molecule is COc1cc2c(cc1O)C1CC(O)C3Cc4cc(O)c(OC)cc4C4CC(OC(=O)C5(c6ccc7cc(O)cc(-c8ccccc8)c7c6)CCCC5CCC(O)Cc5ccccc5)CC(OC(C)=O)C(C2)C1(C1=Cc2ccccc2CC1)C43. The molecule has 3 saturated carbocycles. The van der Waals surface area contributed by atoms with Gasteiger partial charge in [0.25, 0.3) is 0 Å². The summed E-state index contributed by atoms with van der Waals surface area (Å²) < 4.78 is 25.9. The maximum absolute atomic E-state index is 16.6. The molecule has 0 aromatic heterocycles. The van der Waals surface area contributed by atoms with Gasteiger partial charge in [-0.3, -0.25) is 9.59 Å². The Morgan fingerprint density at radius 3 is 2.24 bits per heavy atom. The van der Waals surface area contributed by atoms with Gasteiger partial charge in [0.15, 0.2) is 23.0 Å². The second-order valence-electron chi connectivity index (χ2n) is 24.8. The van der Waals surface area contributed by atoms with E-state index in [9.17, 15) is 30.3 Å². The third-order valence-electron chi connectivity index (χ3n) is 20.7. The van der Waals surface area contributed by atoms with E-state index in [4.69, 9.17) is 18.9 Å². The largest absolute Gasteiger partial charge is 0.508 e. The number of phenols is 3. The Morgan fingerprint density at radius 1 is 0.723 bits per heavy atom. The standard InChI is InChI=1S/C72H74O11/c1-41(73)82-66-37-54(83-70(79)71(26-12-19-49(71)24-25-52(74)27-42-13-6-4-7-14-42)50-22-21-46-29-53(75)35-56(55(46)34-50)44-16-8-5-9-17-44)36-59-57-39-68(81-3)64(77)32-47(57)30-60-63(76)40-61-58-38-65(78)67(80-2)33-48(58)31-62(66)72(61,69(59)60)51-23-20-43-15-10-11-18-45(43)28-51/h4-11,13-18,21-22,28-29,32-35,38-39,49,52,54,59-63,66,69,74-78H,12,19-20,23-27,30-31,36-37,40H2,1-3H3. The van der Waals surface area contributed by atoms with E-state index in [0.29, 0.717) is 62.9 Å². The molecule has 12 unspecified atom stereocenters. The highest BCUT2D eigenvalue weighted by molar-refractivity contribution is 5.99. The number of methoxy groups -OCH3 is 2. The molecule has 83 heavy (non-hydrogen) atoms. The molecule has 0 amide bonds. The summed E-state index contributed by atoms with van der Waals surface area (Å²) in [5, 5.41) is 60.8. The Morgan fingerprint density at radius 2 is 1.46 bits per heavy atom. The summed E-state index contributed by atoms with van der Waals surface area (Å²) in [6, 6.07) is 45.6. The van der Waals surface area contributed by atoms with E-state index in [0.717, 1.165) is 86.5 Å². The van der Waals surface area contributed by atoms with Gasteiger partial charge in [-0.2, -0.15) is 0 Å². The molecule has 0 heterocycles. The van der Waals surface area contributed by atoms with Crippen LogP contribution in [-0.2, 0) is 50.2 Å². The van der Waals surface area contributed by atoms with Crippen LogP contribution in [-0.4, -0.2) is 76.1 Å². The van der Waals surface area contributed by atoms with Crippen LogP contribution in [0.15, 0.2) is 145 Å². The molecule has 0 radical (unpaired) electrons. The van der Waals surface area contributed by atoms with Crippen molar-refractivity contribution in [2.75, 3.05) is 14.2 Å². The van der Waals surface area contributed by atoms with Crippen molar-refractivity contribution >= 4 is 28.8 Å². The van der Waals surface area contributed by atoms with Crippen LogP contribution < -0.4 is 9.47 Å². The molecular formula is C72H74O11. The number of fused-ring (bicyclic) bond motifs is 6. The number of aliphatic hydroxyl groups is 2. The second kappa shape index (κ2) is 21.9. The molecule has 5 N–H and O–H groups in total. The van der Waals surface area contributed by atoms with Crippen LogP contribution in [0.5, 0.6) is 28.7 Å². The van der Waals surface area contributed by atoms with E-state index in [1.54, 1.807) is 32.4 Å². The molecule has 6 aliphatic carbocycles. The van der Waals surface area contributed by atoms with Crippen molar-refractivity contribution in [3.05, 3.63) is 190 Å². The minimum absolute atomic E-state index is 0.0101. The third-order valence-corrected chi connectivity index (χ3v) is 20.7. The van der Waals surface area contributed by atoms with E-state index in [1.807, 2.05) is 91.0 Å². The number of phenolic OH excluding ortho intramolecular Hbond substituents is 3. The summed E-state index contributed by atoms with van der Waals surface area (Å²) >= 11 is 0. The fraction of sp³-hybridized carbons (Fsp3) is 0.389. The smallest absolute Gasteiger partial charge is 0.317 e. The summed E-state index contributed by atoms with van der Waals surface area (Å²) in [7, 11) is 3.09. The number of esters is 2. The lowest BCUT2D eigenvalue weighted by Gasteiger charge is -2.66. The lowest BCUT2D eigenvalue weighted by atomic mass is 9.38. The normalized spacial score (nSPS) is 28.0. The molecule has 428 valence electrons. The number of aliphatic hydroxyl groups excluding tert-OH is 2. The molecule has 7 aromatic rings. The monoisotopic (exact) mass is 1110 g/mol. The van der Waals surface area contributed by atoms with E-state index in [-0.39, 0.29) is 59.2 Å². The Labute approximate surface area is 485 Å². The van der Waals surface area contributed by atoms with Gasteiger partial charge in [0.05, 0.1) is 31.8 Å². The van der Waals surface area contributed by atoms with Crippen molar-refractivity contribution in [3.8, 4) is 39.9 Å². The van der Waals surface area contributed by atoms with Gasteiger partial charge in [0.2, 0.25) is 0 Å². The van der Waals surface area contributed by atoms with Gasteiger partial charge in [-0.05, 0) is 209 Å². The van der Waals surface area contributed by atoms with Crippen molar-refractivity contribution in [2.45, 2.75) is 132 Å². The number of rotatable bonds is 13. The number of allylic oxidation sites excluding steroid dienone is 1. The quantitative estimate of drug-likeness (QED) is 0.0696. The zero-order chi connectivity index (χ0) is 57.3. The van der Waals surface area contributed by atoms with Gasteiger partial charge < -0.3 is 44.5 Å². The third kappa shape index (κ3) is 9.43. The fourth-order valence-electron chi connectivity index (χ4n) is 17.4. The van der Waals surface area contributed by atoms with Gasteiger partial charge in [-0.1, -0.05) is 115 Å². The lowest BCUT2D eigenvalue weighted by molar-refractivity contribution is -0.181. The van der Waals surface area contributed by atoms with Gasteiger partial charge >= 0.3 is 11.9 Å². The molecule has 12 atom stereocenters. The second-order valence-corrected chi connectivity index (χ2v) is 24.8. The number of aromatic hydroxyl groups is 3. The average molecular weight is 1120 g/mol. The highest BCUT2D eigenvalue weighted by Gasteiger charge is 2.68. The van der Waals surface area contributed by atoms with Gasteiger partial charge in [0.1, 0.15) is 18.0 Å². The molecule has 0 bridgehead atoms. The van der Waals surface area contributed by atoms with E-state index in [2.05, 4.69) is 36.4 Å². The van der Waals surface area contributed by atoms with Crippen LogP contribution in [0.1, 0.15) is 121 Å². The first kappa shape index (κ1) is 54.6. The number of hydrogen-bond donors (Lipinski definition) is 5. The average Bonchev–Trinajstić information content (AvgIpc) is 1.07. The highest BCUT2D eigenvalue weighted by atomic mass is 16.6. The van der Waals surface area contributed by atoms with Crippen LogP contribution in [0.25, 0.3) is 28.0 Å². The van der Waals surface area contributed by atoms with Crippen LogP contribution in [0.2, 0.25) is 0 Å². The Hall–Kier alpha value is -7.60. The molecule has 0 spiro atoms. The number of aryl methyl sites for hydroxylation is 1. The number of ether oxygens (including phenoxy) is 4. The topological polar surface area (TPSA) is 172 Å². The minimum atomic E-state index is -1.16. The molecule has 13 rings (SSSR count). The molecule has 0 saturated heterocycles.